The van der Waals surface area contributed by atoms with Gasteiger partial charge in [0.15, 0.2) is 0 Å². The molecule has 2 rings (SSSR count). The first-order valence-electron chi connectivity index (χ1n) is 4.33. The summed E-state index contributed by atoms with van der Waals surface area (Å²) in [6.45, 7) is 0. The van der Waals surface area contributed by atoms with Crippen molar-refractivity contribution in [3.8, 4) is 0 Å². The molecule has 0 aliphatic rings. The van der Waals surface area contributed by atoms with E-state index in [0.29, 0.717) is 19.2 Å². The maximum absolute atomic E-state index is 12.9. The van der Waals surface area contributed by atoms with E-state index >= 15 is 0 Å². The lowest BCUT2D eigenvalue weighted by Gasteiger charge is -2.01. The lowest BCUT2D eigenvalue weighted by Crippen LogP contribution is -1.99. The number of rotatable bonds is 2. The largest absolute Gasteiger partial charge is 0.288 e. The number of hydrogen-bond donors (Lipinski definition) is 0. The van der Waals surface area contributed by atoms with Gasteiger partial charge in [-0.05, 0) is 46.3 Å². The zero-order valence-electron chi connectivity index (χ0n) is 7.84. The summed E-state index contributed by atoms with van der Waals surface area (Å²) in [5, 5.41) is 0. The van der Waals surface area contributed by atoms with Crippen molar-refractivity contribution in [2.24, 2.45) is 0 Å². The predicted molar refractivity (Wildman–Crippen MR) is 66.9 cm³/mol. The molecule has 16 heavy (non-hydrogen) atoms. The molecule has 0 bridgehead atoms. The van der Waals surface area contributed by atoms with Crippen molar-refractivity contribution < 1.29 is 9.18 Å². The molecule has 0 radical (unpaired) electrons. The average Bonchev–Trinajstić information content (AvgIpc) is 2.64. The smallest absolute Gasteiger partial charge is 0.204 e. The SMILES string of the molecule is O=C(c1ccc(Cl)s1)c1ccc(F)cc1Br. The minimum absolute atomic E-state index is 0.163. The quantitative estimate of drug-likeness (QED) is 0.743. The molecule has 0 N–H and O–H groups in total. The Bertz CT molecular complexity index is 553. The van der Waals surface area contributed by atoms with Gasteiger partial charge in [-0.2, -0.15) is 0 Å². The Morgan fingerprint density at radius 1 is 1.31 bits per heavy atom. The summed E-state index contributed by atoms with van der Waals surface area (Å²) in [7, 11) is 0. The fraction of sp³-hybridized carbons (Fsp3) is 0. The summed E-state index contributed by atoms with van der Waals surface area (Å²) < 4.78 is 13.9. The molecule has 0 unspecified atom stereocenters. The van der Waals surface area contributed by atoms with Gasteiger partial charge >= 0.3 is 0 Å². The highest BCUT2D eigenvalue weighted by Crippen LogP contribution is 2.27. The van der Waals surface area contributed by atoms with Gasteiger partial charge in [0.1, 0.15) is 5.82 Å². The molecule has 0 saturated carbocycles. The lowest BCUT2D eigenvalue weighted by atomic mass is 10.1. The van der Waals surface area contributed by atoms with Gasteiger partial charge in [0.05, 0.1) is 9.21 Å². The molecular formula is C11H5BrClFOS. The molecule has 5 heteroatoms. The molecule has 0 atom stereocenters. The first kappa shape index (κ1) is 11.8. The number of thiophene rings is 1. The average molecular weight is 320 g/mol. The summed E-state index contributed by atoms with van der Waals surface area (Å²) in [6, 6.07) is 7.30. The molecule has 0 saturated heterocycles. The maximum atomic E-state index is 12.9. The van der Waals surface area contributed by atoms with Gasteiger partial charge in [-0.25, -0.2) is 4.39 Å². The van der Waals surface area contributed by atoms with Crippen molar-refractivity contribution in [2.45, 2.75) is 0 Å². The first-order chi connectivity index (χ1) is 7.58. The van der Waals surface area contributed by atoms with Crippen LogP contribution in [-0.2, 0) is 0 Å². The zero-order chi connectivity index (χ0) is 11.7. The Labute approximate surface area is 109 Å². The maximum Gasteiger partial charge on any atom is 0.204 e. The van der Waals surface area contributed by atoms with Gasteiger partial charge in [0.25, 0.3) is 0 Å². The van der Waals surface area contributed by atoms with Gasteiger partial charge in [0, 0.05) is 10.0 Å². The molecule has 0 spiro atoms. The van der Waals surface area contributed by atoms with Crippen LogP contribution in [0, 0.1) is 5.82 Å². The fourth-order valence-corrected chi connectivity index (χ4v) is 2.77. The lowest BCUT2D eigenvalue weighted by molar-refractivity contribution is 0.104. The van der Waals surface area contributed by atoms with Crippen LogP contribution in [0.1, 0.15) is 15.2 Å². The highest BCUT2D eigenvalue weighted by Gasteiger charge is 2.14. The second-order valence-corrected chi connectivity index (χ2v) is 5.63. The minimum atomic E-state index is -0.382. The van der Waals surface area contributed by atoms with Crippen molar-refractivity contribution in [1.82, 2.24) is 0 Å². The Morgan fingerprint density at radius 2 is 2.06 bits per heavy atom. The zero-order valence-corrected chi connectivity index (χ0v) is 11.0. The third kappa shape index (κ3) is 2.34. The van der Waals surface area contributed by atoms with E-state index in [1.165, 1.54) is 29.5 Å². The first-order valence-corrected chi connectivity index (χ1v) is 6.32. The summed E-state index contributed by atoms with van der Waals surface area (Å²) >= 11 is 10.1. The van der Waals surface area contributed by atoms with Gasteiger partial charge < -0.3 is 0 Å². The standard InChI is InChI=1S/C11H5BrClFOS/c12-8-5-6(14)1-2-7(8)11(15)9-3-4-10(13)16-9/h1-5H. The van der Waals surface area contributed by atoms with Crippen LogP contribution in [0.15, 0.2) is 34.8 Å². The van der Waals surface area contributed by atoms with Crippen LogP contribution >= 0.6 is 38.9 Å². The topological polar surface area (TPSA) is 17.1 Å². The molecular weight excluding hydrogens is 315 g/mol. The van der Waals surface area contributed by atoms with Gasteiger partial charge in [-0.1, -0.05) is 11.6 Å². The van der Waals surface area contributed by atoms with Crippen LogP contribution < -0.4 is 0 Å². The van der Waals surface area contributed by atoms with Crippen molar-refractivity contribution in [2.75, 3.05) is 0 Å². The van der Waals surface area contributed by atoms with Crippen LogP contribution in [0.4, 0.5) is 4.39 Å². The molecule has 0 aliphatic carbocycles. The molecule has 0 aliphatic heterocycles. The number of carbonyl (C=O) groups is 1. The van der Waals surface area contributed by atoms with Crippen molar-refractivity contribution in [3.05, 3.63) is 55.4 Å². The highest BCUT2D eigenvalue weighted by atomic mass is 79.9. The number of benzene rings is 1. The molecule has 0 fully saturated rings. The Balaban J connectivity index is 2.41. The van der Waals surface area contributed by atoms with E-state index in [0.717, 1.165) is 0 Å². The number of carbonyl (C=O) groups excluding carboxylic acids is 1. The van der Waals surface area contributed by atoms with Crippen LogP contribution in [0.5, 0.6) is 0 Å². The van der Waals surface area contributed by atoms with Crippen LogP contribution in [0.2, 0.25) is 4.34 Å². The van der Waals surface area contributed by atoms with E-state index in [1.807, 2.05) is 0 Å². The second kappa shape index (κ2) is 4.65. The third-order valence-electron chi connectivity index (χ3n) is 1.97. The molecule has 1 aromatic heterocycles. The predicted octanol–water partition coefficient (Wildman–Crippen LogP) is 4.53. The normalized spacial score (nSPS) is 10.4. The molecule has 1 aromatic carbocycles. The van der Waals surface area contributed by atoms with Crippen LogP contribution in [0.3, 0.4) is 0 Å². The highest BCUT2D eigenvalue weighted by molar-refractivity contribution is 9.10. The van der Waals surface area contributed by atoms with E-state index in [9.17, 15) is 9.18 Å². The number of halogens is 3. The molecule has 0 amide bonds. The van der Waals surface area contributed by atoms with E-state index in [-0.39, 0.29) is 11.6 Å². The monoisotopic (exact) mass is 318 g/mol. The van der Waals surface area contributed by atoms with Crippen LogP contribution in [-0.4, -0.2) is 5.78 Å². The number of ketones is 1. The summed E-state index contributed by atoms with van der Waals surface area (Å²) in [5.74, 6) is -0.545. The summed E-state index contributed by atoms with van der Waals surface area (Å²) in [5.41, 5.74) is 0.430. The Morgan fingerprint density at radius 3 is 2.62 bits per heavy atom. The minimum Gasteiger partial charge on any atom is -0.288 e. The Hall–Kier alpha value is -0.710. The van der Waals surface area contributed by atoms with E-state index < -0.39 is 0 Å². The van der Waals surface area contributed by atoms with Crippen molar-refractivity contribution >= 4 is 44.7 Å². The van der Waals surface area contributed by atoms with Crippen molar-refractivity contribution in [1.29, 1.82) is 0 Å². The van der Waals surface area contributed by atoms with Gasteiger partial charge in [-0.15, -0.1) is 11.3 Å². The molecule has 1 nitrogen and oxygen atoms in total. The van der Waals surface area contributed by atoms with Gasteiger partial charge in [-0.3, -0.25) is 4.79 Å². The Kier molecular flexibility index (Phi) is 3.42. The molecule has 82 valence electrons. The van der Waals surface area contributed by atoms with E-state index in [2.05, 4.69) is 15.9 Å². The van der Waals surface area contributed by atoms with Crippen molar-refractivity contribution in [3.63, 3.8) is 0 Å². The fourth-order valence-electron chi connectivity index (χ4n) is 1.24. The number of hydrogen-bond acceptors (Lipinski definition) is 2. The van der Waals surface area contributed by atoms with Crippen LogP contribution in [0.25, 0.3) is 0 Å². The summed E-state index contributed by atoms with van der Waals surface area (Å²) in [6.07, 6.45) is 0. The van der Waals surface area contributed by atoms with E-state index in [1.54, 1.807) is 12.1 Å². The second-order valence-electron chi connectivity index (χ2n) is 3.06. The third-order valence-corrected chi connectivity index (χ3v) is 3.86. The molecule has 1 heterocycles. The summed E-state index contributed by atoms with van der Waals surface area (Å²) in [4.78, 5) is 12.5. The van der Waals surface area contributed by atoms with Gasteiger partial charge in [0.2, 0.25) is 5.78 Å². The van der Waals surface area contributed by atoms with E-state index in [4.69, 9.17) is 11.6 Å². The molecule has 2 aromatic rings.